The number of ether oxygens (including phenoxy) is 1. The van der Waals surface area contributed by atoms with Crippen molar-refractivity contribution in [1.29, 1.82) is 0 Å². The molecule has 8 heteroatoms. The zero-order valence-electron chi connectivity index (χ0n) is 13.1. The molecule has 23 heavy (non-hydrogen) atoms. The molecule has 0 saturated heterocycles. The first-order chi connectivity index (χ1) is 10.5. The van der Waals surface area contributed by atoms with Crippen molar-refractivity contribution in [2.45, 2.75) is 57.2 Å². The van der Waals surface area contributed by atoms with Crippen LogP contribution in [0.3, 0.4) is 0 Å². The maximum Gasteiger partial charge on any atom is 0.534 e. The lowest BCUT2D eigenvalue weighted by Crippen LogP contribution is -2.28. The van der Waals surface area contributed by atoms with E-state index in [-0.39, 0.29) is 23.9 Å². The molecule has 130 valence electrons. The van der Waals surface area contributed by atoms with Crippen molar-refractivity contribution in [3.8, 4) is 5.75 Å². The summed E-state index contributed by atoms with van der Waals surface area (Å²) in [6, 6.07) is 4.11. The summed E-state index contributed by atoms with van der Waals surface area (Å²) in [5, 5.41) is 0. The first-order valence-corrected chi connectivity index (χ1v) is 8.72. The number of alkyl halides is 3. The minimum absolute atomic E-state index is 0.0209. The molecule has 1 aliphatic rings. The smallest absolute Gasteiger partial charge is 0.376 e. The minimum atomic E-state index is -5.67. The molecule has 1 aliphatic carbocycles. The Hall–Kier alpha value is -1.28. The zero-order chi connectivity index (χ0) is 17.4. The van der Waals surface area contributed by atoms with Gasteiger partial charge in [-0.3, -0.25) is 0 Å². The molecule has 1 atom stereocenters. The van der Waals surface area contributed by atoms with Gasteiger partial charge in [-0.1, -0.05) is 19.9 Å². The Bertz CT molecular complexity index is 664. The summed E-state index contributed by atoms with van der Waals surface area (Å²) in [6.07, 6.45) is 2.03. The van der Waals surface area contributed by atoms with Crippen LogP contribution in [0.15, 0.2) is 18.2 Å². The van der Waals surface area contributed by atoms with E-state index in [0.717, 1.165) is 18.4 Å². The van der Waals surface area contributed by atoms with Crippen LogP contribution in [-0.2, 0) is 14.9 Å². The summed E-state index contributed by atoms with van der Waals surface area (Å²) < 4.78 is 69.4. The van der Waals surface area contributed by atoms with Crippen molar-refractivity contribution >= 4 is 10.1 Å². The number of rotatable bonds is 6. The molecule has 0 aromatic heterocycles. The van der Waals surface area contributed by atoms with Gasteiger partial charge in [-0.25, -0.2) is 0 Å². The van der Waals surface area contributed by atoms with Crippen molar-refractivity contribution < 1.29 is 30.5 Å². The highest BCUT2D eigenvalue weighted by Crippen LogP contribution is 2.36. The van der Waals surface area contributed by atoms with Crippen LogP contribution in [0.25, 0.3) is 0 Å². The second kappa shape index (κ2) is 6.32. The summed E-state index contributed by atoms with van der Waals surface area (Å²) in [5.74, 6) is -0.374. The van der Waals surface area contributed by atoms with E-state index in [9.17, 15) is 21.6 Å². The van der Waals surface area contributed by atoms with Gasteiger partial charge in [-0.2, -0.15) is 21.6 Å². The van der Waals surface area contributed by atoms with Gasteiger partial charge in [0.25, 0.3) is 0 Å². The summed E-state index contributed by atoms with van der Waals surface area (Å²) in [7, 11) is -5.67. The molecule has 1 unspecified atom stereocenters. The number of halogens is 3. The molecule has 1 fully saturated rings. The third-order valence-corrected chi connectivity index (χ3v) is 4.51. The molecule has 2 rings (SSSR count). The maximum absolute atomic E-state index is 12.4. The standard InChI is InChI=1S/C15H19F3O4S/c1-9(2)14-8-12(22-23(19,20)15(16,17)18)6-7-13(14)10(3)21-11-4-5-11/h6-11H,4-5H2,1-3H3. The fourth-order valence-corrected chi connectivity index (χ4v) is 2.67. The summed E-state index contributed by atoms with van der Waals surface area (Å²) >= 11 is 0. The topological polar surface area (TPSA) is 52.6 Å². The van der Waals surface area contributed by atoms with Crippen molar-refractivity contribution in [2.75, 3.05) is 0 Å². The van der Waals surface area contributed by atoms with E-state index in [1.807, 2.05) is 20.8 Å². The second-order valence-corrected chi connectivity index (χ2v) is 7.44. The van der Waals surface area contributed by atoms with Crippen LogP contribution in [0.2, 0.25) is 0 Å². The number of benzene rings is 1. The quantitative estimate of drug-likeness (QED) is 0.566. The molecule has 0 amide bonds. The van der Waals surface area contributed by atoms with Gasteiger partial charge in [-0.15, -0.1) is 0 Å². The van der Waals surface area contributed by atoms with Crippen molar-refractivity contribution in [1.82, 2.24) is 0 Å². The van der Waals surface area contributed by atoms with E-state index >= 15 is 0 Å². The molecule has 1 saturated carbocycles. The van der Waals surface area contributed by atoms with Crippen LogP contribution in [-0.4, -0.2) is 20.0 Å². The predicted octanol–water partition coefficient (Wildman–Crippen LogP) is 4.28. The van der Waals surface area contributed by atoms with E-state index in [1.165, 1.54) is 12.1 Å². The molecular weight excluding hydrogens is 333 g/mol. The lowest BCUT2D eigenvalue weighted by atomic mass is 9.94. The molecule has 0 spiro atoms. The Balaban J connectivity index is 2.28. The van der Waals surface area contributed by atoms with Gasteiger partial charge in [0, 0.05) is 0 Å². The zero-order valence-corrected chi connectivity index (χ0v) is 13.9. The maximum atomic E-state index is 12.4. The summed E-state index contributed by atoms with van der Waals surface area (Å²) in [5.41, 5.74) is -3.93. The van der Waals surface area contributed by atoms with E-state index in [4.69, 9.17) is 4.74 Å². The predicted molar refractivity (Wildman–Crippen MR) is 78.7 cm³/mol. The summed E-state index contributed by atoms with van der Waals surface area (Å²) in [6.45, 7) is 5.60. The molecule has 1 aromatic rings. The Kier molecular flexibility index (Phi) is 4.96. The summed E-state index contributed by atoms with van der Waals surface area (Å²) in [4.78, 5) is 0. The SMILES string of the molecule is CC(C)c1cc(OS(=O)(=O)C(F)(F)F)ccc1C(C)OC1CC1. The second-order valence-electron chi connectivity index (χ2n) is 5.91. The monoisotopic (exact) mass is 352 g/mol. The van der Waals surface area contributed by atoms with Crippen LogP contribution < -0.4 is 4.18 Å². The number of hydrogen-bond donors (Lipinski definition) is 0. The third-order valence-electron chi connectivity index (χ3n) is 3.53. The third kappa shape index (κ3) is 4.38. The highest BCUT2D eigenvalue weighted by Gasteiger charge is 2.48. The molecule has 0 heterocycles. The van der Waals surface area contributed by atoms with Crippen LogP contribution in [0.4, 0.5) is 13.2 Å². The number of hydrogen-bond acceptors (Lipinski definition) is 4. The minimum Gasteiger partial charge on any atom is -0.376 e. The highest BCUT2D eigenvalue weighted by atomic mass is 32.2. The molecule has 0 bridgehead atoms. The lowest BCUT2D eigenvalue weighted by Gasteiger charge is -2.20. The van der Waals surface area contributed by atoms with Gasteiger partial charge in [0.2, 0.25) is 0 Å². The molecule has 0 aliphatic heterocycles. The molecule has 4 nitrogen and oxygen atoms in total. The van der Waals surface area contributed by atoms with Gasteiger partial charge in [-0.05, 0) is 48.9 Å². The highest BCUT2D eigenvalue weighted by molar-refractivity contribution is 7.88. The van der Waals surface area contributed by atoms with Crippen LogP contribution in [0.5, 0.6) is 5.75 Å². The average molecular weight is 352 g/mol. The van der Waals surface area contributed by atoms with Gasteiger partial charge in [0.15, 0.2) is 0 Å². The lowest BCUT2D eigenvalue weighted by molar-refractivity contribution is -0.0500. The van der Waals surface area contributed by atoms with Gasteiger partial charge < -0.3 is 8.92 Å². The van der Waals surface area contributed by atoms with Crippen molar-refractivity contribution in [2.24, 2.45) is 0 Å². The van der Waals surface area contributed by atoms with Crippen LogP contribution in [0, 0.1) is 0 Å². The van der Waals surface area contributed by atoms with Gasteiger partial charge in [0.05, 0.1) is 12.2 Å². The Labute approximate surface area is 133 Å². The average Bonchev–Trinajstić information content (AvgIpc) is 3.20. The molecule has 0 N–H and O–H groups in total. The van der Waals surface area contributed by atoms with E-state index < -0.39 is 15.6 Å². The normalized spacial score (nSPS) is 17.3. The van der Waals surface area contributed by atoms with Gasteiger partial charge >= 0.3 is 15.6 Å². The Morgan fingerprint density at radius 2 is 1.74 bits per heavy atom. The van der Waals surface area contributed by atoms with Crippen LogP contribution in [0.1, 0.15) is 56.8 Å². The molecule has 1 aromatic carbocycles. The molecular formula is C15H19F3O4S. The van der Waals surface area contributed by atoms with E-state index in [2.05, 4.69) is 4.18 Å². The van der Waals surface area contributed by atoms with Crippen molar-refractivity contribution in [3.63, 3.8) is 0 Å². The van der Waals surface area contributed by atoms with Crippen LogP contribution >= 0.6 is 0 Å². The first-order valence-electron chi connectivity index (χ1n) is 7.31. The fraction of sp³-hybridized carbons (Fsp3) is 0.600. The van der Waals surface area contributed by atoms with Crippen molar-refractivity contribution in [3.05, 3.63) is 29.3 Å². The Morgan fingerprint density at radius 1 is 1.13 bits per heavy atom. The van der Waals surface area contributed by atoms with E-state index in [0.29, 0.717) is 5.56 Å². The fourth-order valence-electron chi connectivity index (χ4n) is 2.21. The van der Waals surface area contributed by atoms with E-state index in [1.54, 1.807) is 6.07 Å². The molecule has 0 radical (unpaired) electrons. The first kappa shape index (κ1) is 18.1. The Morgan fingerprint density at radius 3 is 2.22 bits per heavy atom. The van der Waals surface area contributed by atoms with Gasteiger partial charge in [0.1, 0.15) is 5.75 Å². The largest absolute Gasteiger partial charge is 0.534 e.